The number of furan rings is 1. The molecule has 0 atom stereocenters. The van der Waals surface area contributed by atoms with E-state index in [0.717, 1.165) is 12.8 Å². The van der Waals surface area contributed by atoms with E-state index in [1.807, 2.05) is 23.1 Å². The van der Waals surface area contributed by atoms with Crippen molar-refractivity contribution in [3.8, 4) is 0 Å². The maximum absolute atomic E-state index is 13.2. The molecule has 1 aliphatic heterocycles. The Morgan fingerprint density at radius 1 is 1.11 bits per heavy atom. The Balaban J connectivity index is 1.35. The Labute approximate surface area is 165 Å². The summed E-state index contributed by atoms with van der Waals surface area (Å²) in [6.07, 6.45) is 5.09. The van der Waals surface area contributed by atoms with Crippen LogP contribution in [0.15, 0.2) is 47.1 Å². The Hall–Kier alpha value is -2.60. The molecule has 2 amide bonds. The molecule has 2 aliphatic rings. The van der Waals surface area contributed by atoms with Crippen molar-refractivity contribution in [1.29, 1.82) is 0 Å². The summed E-state index contributed by atoms with van der Waals surface area (Å²) in [6.45, 7) is 2.16. The van der Waals surface area contributed by atoms with Crippen LogP contribution in [0.25, 0.3) is 0 Å². The van der Waals surface area contributed by atoms with Crippen molar-refractivity contribution in [2.75, 3.05) is 13.1 Å². The van der Waals surface area contributed by atoms with Gasteiger partial charge in [0, 0.05) is 31.6 Å². The number of amides is 2. The summed E-state index contributed by atoms with van der Waals surface area (Å²) < 4.78 is 5.27. The third kappa shape index (κ3) is 4.12. The minimum atomic E-state index is -0.0438. The van der Waals surface area contributed by atoms with Crippen LogP contribution in [0.5, 0.6) is 0 Å². The van der Waals surface area contributed by atoms with Gasteiger partial charge in [0.15, 0.2) is 0 Å². The van der Waals surface area contributed by atoms with Gasteiger partial charge < -0.3 is 20.0 Å². The Kier molecular flexibility index (Phi) is 5.48. The molecule has 4 rings (SSSR count). The number of hydrogen-bond acceptors (Lipinski definition) is 4. The third-order valence-electron chi connectivity index (χ3n) is 5.70. The molecule has 1 saturated heterocycles. The highest BCUT2D eigenvalue weighted by molar-refractivity contribution is 5.94. The van der Waals surface area contributed by atoms with E-state index in [1.165, 1.54) is 11.8 Å². The summed E-state index contributed by atoms with van der Waals surface area (Å²) in [7, 11) is 0. The third-order valence-corrected chi connectivity index (χ3v) is 5.70. The van der Waals surface area contributed by atoms with E-state index in [9.17, 15) is 9.59 Å². The van der Waals surface area contributed by atoms with Gasteiger partial charge in [-0.1, -0.05) is 30.3 Å². The van der Waals surface area contributed by atoms with Crippen LogP contribution >= 0.6 is 0 Å². The molecule has 2 aromatic rings. The van der Waals surface area contributed by atoms with Crippen molar-refractivity contribution in [2.45, 2.75) is 44.8 Å². The molecule has 148 valence electrons. The van der Waals surface area contributed by atoms with Crippen LogP contribution in [0.2, 0.25) is 0 Å². The first-order valence-corrected chi connectivity index (χ1v) is 10.1. The van der Waals surface area contributed by atoms with Crippen LogP contribution in [0, 0.1) is 5.92 Å². The zero-order valence-electron chi connectivity index (χ0n) is 16.0. The van der Waals surface area contributed by atoms with Crippen molar-refractivity contribution in [3.63, 3.8) is 0 Å². The lowest BCUT2D eigenvalue weighted by Gasteiger charge is -2.34. The normalized spacial score (nSPS) is 17.5. The van der Waals surface area contributed by atoms with E-state index in [-0.39, 0.29) is 24.3 Å². The van der Waals surface area contributed by atoms with Crippen molar-refractivity contribution >= 4 is 11.8 Å². The molecule has 1 aromatic carbocycles. The fourth-order valence-electron chi connectivity index (χ4n) is 3.90. The molecule has 6 heteroatoms. The molecule has 0 unspecified atom stereocenters. The van der Waals surface area contributed by atoms with Gasteiger partial charge >= 0.3 is 0 Å². The zero-order chi connectivity index (χ0) is 19.5. The number of nitrogens with zero attached hydrogens (tertiary/aromatic N) is 2. The molecule has 1 saturated carbocycles. The standard InChI is InChI=1S/C22H27N3O3/c23-13-20-12-18(15-28-20)21(26)24-10-8-17(9-11-24)22(27)25(19-6-7-19)14-16-4-2-1-3-5-16/h1-5,12,15,17,19H,6-11,13-14,23H2. The Bertz CT molecular complexity index is 821. The number of carbonyl (C=O) groups is 2. The van der Waals surface area contributed by atoms with E-state index < -0.39 is 0 Å². The molecule has 1 aromatic heterocycles. The number of piperidine rings is 1. The Morgan fingerprint density at radius 3 is 2.43 bits per heavy atom. The lowest BCUT2D eigenvalue weighted by Crippen LogP contribution is -2.44. The smallest absolute Gasteiger partial charge is 0.257 e. The molecule has 0 spiro atoms. The molecule has 0 bridgehead atoms. The quantitative estimate of drug-likeness (QED) is 0.834. The van der Waals surface area contributed by atoms with E-state index >= 15 is 0 Å². The first kappa shape index (κ1) is 18.7. The fourth-order valence-corrected chi connectivity index (χ4v) is 3.90. The molecule has 2 N–H and O–H groups in total. The maximum Gasteiger partial charge on any atom is 0.257 e. The number of rotatable bonds is 6. The molecular weight excluding hydrogens is 354 g/mol. The lowest BCUT2D eigenvalue weighted by molar-refractivity contribution is -0.138. The van der Waals surface area contributed by atoms with Crippen molar-refractivity contribution < 1.29 is 14.0 Å². The monoisotopic (exact) mass is 381 g/mol. The molecule has 0 radical (unpaired) electrons. The minimum Gasteiger partial charge on any atom is -0.467 e. The van der Waals surface area contributed by atoms with Crippen LogP contribution < -0.4 is 5.73 Å². The molecular formula is C22H27N3O3. The summed E-state index contributed by atoms with van der Waals surface area (Å²) in [4.78, 5) is 29.7. The second-order valence-corrected chi connectivity index (χ2v) is 7.76. The molecule has 6 nitrogen and oxygen atoms in total. The summed E-state index contributed by atoms with van der Waals surface area (Å²) in [5, 5.41) is 0. The van der Waals surface area contributed by atoms with Crippen LogP contribution in [-0.2, 0) is 17.9 Å². The van der Waals surface area contributed by atoms with Crippen LogP contribution in [0.4, 0.5) is 0 Å². The highest BCUT2D eigenvalue weighted by atomic mass is 16.3. The van der Waals surface area contributed by atoms with Crippen LogP contribution in [0.1, 0.15) is 47.4 Å². The highest BCUT2D eigenvalue weighted by Crippen LogP contribution is 2.32. The summed E-state index contributed by atoms with van der Waals surface area (Å²) >= 11 is 0. The average molecular weight is 381 g/mol. The Morgan fingerprint density at radius 2 is 1.82 bits per heavy atom. The predicted molar refractivity (Wildman–Crippen MR) is 105 cm³/mol. The molecule has 28 heavy (non-hydrogen) atoms. The summed E-state index contributed by atoms with van der Waals surface area (Å²) in [5.41, 5.74) is 7.25. The highest BCUT2D eigenvalue weighted by Gasteiger charge is 2.37. The van der Waals surface area contributed by atoms with Gasteiger partial charge in [-0.05, 0) is 37.3 Å². The lowest BCUT2D eigenvalue weighted by atomic mass is 9.94. The van der Waals surface area contributed by atoms with Crippen molar-refractivity contribution in [3.05, 3.63) is 59.5 Å². The van der Waals surface area contributed by atoms with Crippen LogP contribution in [-0.4, -0.2) is 40.7 Å². The van der Waals surface area contributed by atoms with Gasteiger partial charge in [-0.2, -0.15) is 0 Å². The number of benzene rings is 1. The van der Waals surface area contributed by atoms with E-state index in [1.54, 1.807) is 6.07 Å². The first-order chi connectivity index (χ1) is 13.7. The maximum atomic E-state index is 13.2. The number of carbonyl (C=O) groups excluding carboxylic acids is 2. The molecule has 1 aliphatic carbocycles. The predicted octanol–water partition coefficient (Wildman–Crippen LogP) is 2.78. The summed E-state index contributed by atoms with van der Waals surface area (Å²) in [6, 6.07) is 12.3. The number of likely N-dealkylation sites (tertiary alicyclic amines) is 1. The molecule has 2 fully saturated rings. The number of hydrogen-bond donors (Lipinski definition) is 1. The van der Waals surface area contributed by atoms with Crippen molar-refractivity contribution in [2.24, 2.45) is 11.7 Å². The summed E-state index contributed by atoms with van der Waals surface area (Å²) in [5.74, 6) is 0.802. The number of nitrogens with two attached hydrogens (primary N) is 1. The zero-order valence-corrected chi connectivity index (χ0v) is 16.0. The van der Waals surface area contributed by atoms with Gasteiger partial charge in [-0.3, -0.25) is 9.59 Å². The average Bonchev–Trinajstić information content (AvgIpc) is 3.48. The van der Waals surface area contributed by atoms with Gasteiger partial charge in [0.2, 0.25) is 5.91 Å². The topological polar surface area (TPSA) is 79.8 Å². The van der Waals surface area contributed by atoms with Gasteiger partial charge in [0.1, 0.15) is 12.0 Å². The van der Waals surface area contributed by atoms with Gasteiger partial charge in [0.25, 0.3) is 5.91 Å². The molecule has 2 heterocycles. The van der Waals surface area contributed by atoms with Crippen LogP contribution in [0.3, 0.4) is 0 Å². The fraction of sp³-hybridized carbons (Fsp3) is 0.455. The largest absolute Gasteiger partial charge is 0.467 e. The van der Waals surface area contributed by atoms with Gasteiger partial charge in [0.05, 0.1) is 12.1 Å². The van der Waals surface area contributed by atoms with E-state index in [0.29, 0.717) is 49.8 Å². The first-order valence-electron chi connectivity index (χ1n) is 10.1. The second-order valence-electron chi connectivity index (χ2n) is 7.76. The van der Waals surface area contributed by atoms with Crippen molar-refractivity contribution in [1.82, 2.24) is 9.80 Å². The SMILES string of the molecule is NCc1cc(C(=O)N2CCC(C(=O)N(Cc3ccccc3)C3CC3)CC2)co1. The second kappa shape index (κ2) is 8.19. The van der Waals surface area contributed by atoms with E-state index in [2.05, 4.69) is 17.0 Å². The minimum absolute atomic E-state index is 0.00249. The van der Waals surface area contributed by atoms with E-state index in [4.69, 9.17) is 10.2 Å². The van der Waals surface area contributed by atoms with Gasteiger partial charge in [-0.25, -0.2) is 0 Å². The van der Waals surface area contributed by atoms with Gasteiger partial charge in [-0.15, -0.1) is 0 Å².